The molecule has 6 heteroatoms. The van der Waals surface area contributed by atoms with Gasteiger partial charge in [0.05, 0.1) is 11.4 Å². The molecular weight excluding hydrogens is 398 g/mol. The van der Waals surface area contributed by atoms with E-state index in [9.17, 15) is 4.79 Å². The van der Waals surface area contributed by atoms with Crippen molar-refractivity contribution < 1.29 is 9.63 Å². The number of benzene rings is 3. The normalized spacial score (nSPS) is 10.4. The Hall–Kier alpha value is -3.83. The Bertz CT molecular complexity index is 1170. The smallest absolute Gasteiger partial charge is 0.338 e. The number of hydrogen-bond acceptors (Lipinski definition) is 4. The Balaban J connectivity index is 1.63. The van der Waals surface area contributed by atoms with Crippen molar-refractivity contribution in [1.82, 2.24) is 15.3 Å². The van der Waals surface area contributed by atoms with Crippen molar-refractivity contribution in [3.8, 4) is 16.9 Å². The number of nitrogens with one attached hydrogen (secondary N) is 1. The summed E-state index contributed by atoms with van der Waals surface area (Å²) in [4.78, 5) is 18.2. The van der Waals surface area contributed by atoms with Gasteiger partial charge in [-0.2, -0.15) is 5.10 Å². The van der Waals surface area contributed by atoms with Crippen LogP contribution in [-0.4, -0.2) is 15.7 Å². The van der Waals surface area contributed by atoms with Crippen molar-refractivity contribution >= 4 is 23.3 Å². The molecule has 1 aromatic heterocycles. The van der Waals surface area contributed by atoms with Crippen LogP contribution >= 0.6 is 11.6 Å². The molecule has 0 saturated heterocycles. The summed E-state index contributed by atoms with van der Waals surface area (Å²) in [5, 5.41) is 5.21. The predicted octanol–water partition coefficient (Wildman–Crippen LogP) is 5.53. The van der Waals surface area contributed by atoms with E-state index in [1.165, 1.54) is 0 Å². The SMILES string of the molecule is C=C(NOC(=O)c1cn(-c2ccccc2)nc1-c1ccc(Cl)cc1)c1ccccc1. The molecule has 5 nitrogen and oxygen atoms in total. The number of halogens is 1. The van der Waals surface area contributed by atoms with E-state index in [1.807, 2.05) is 72.8 Å². The number of nitrogens with zero attached hydrogens (tertiary/aromatic N) is 2. The summed E-state index contributed by atoms with van der Waals surface area (Å²) in [6.07, 6.45) is 1.65. The van der Waals surface area contributed by atoms with E-state index >= 15 is 0 Å². The lowest BCUT2D eigenvalue weighted by Gasteiger charge is -2.09. The quantitative estimate of drug-likeness (QED) is 0.421. The van der Waals surface area contributed by atoms with Gasteiger partial charge in [-0.25, -0.2) is 15.0 Å². The fourth-order valence-corrected chi connectivity index (χ4v) is 3.04. The van der Waals surface area contributed by atoms with E-state index in [2.05, 4.69) is 17.2 Å². The van der Waals surface area contributed by atoms with Gasteiger partial charge in [-0.05, 0) is 24.3 Å². The van der Waals surface area contributed by atoms with Crippen LogP contribution < -0.4 is 5.48 Å². The number of hydroxylamine groups is 1. The number of aromatic nitrogens is 2. The van der Waals surface area contributed by atoms with Gasteiger partial charge in [-0.15, -0.1) is 0 Å². The van der Waals surface area contributed by atoms with Gasteiger partial charge in [0.25, 0.3) is 0 Å². The van der Waals surface area contributed by atoms with Gasteiger partial charge in [0.15, 0.2) is 0 Å². The fourth-order valence-electron chi connectivity index (χ4n) is 2.92. The lowest BCUT2D eigenvalue weighted by molar-refractivity contribution is 0.0370. The molecule has 0 spiro atoms. The van der Waals surface area contributed by atoms with E-state index < -0.39 is 5.97 Å². The number of rotatable bonds is 6. The van der Waals surface area contributed by atoms with Crippen molar-refractivity contribution in [2.45, 2.75) is 0 Å². The second-order valence-electron chi connectivity index (χ2n) is 6.51. The Kier molecular flexibility index (Phi) is 5.63. The fraction of sp³-hybridized carbons (Fsp3) is 0. The van der Waals surface area contributed by atoms with Gasteiger partial charge in [0.1, 0.15) is 11.3 Å². The minimum Gasteiger partial charge on any atom is -0.338 e. The molecule has 0 fully saturated rings. The second-order valence-corrected chi connectivity index (χ2v) is 6.95. The van der Waals surface area contributed by atoms with Crippen LogP contribution in [0.1, 0.15) is 15.9 Å². The maximum atomic E-state index is 12.9. The Morgan fingerprint density at radius 2 is 1.57 bits per heavy atom. The summed E-state index contributed by atoms with van der Waals surface area (Å²) >= 11 is 6.01. The third kappa shape index (κ3) is 4.26. The zero-order valence-electron chi connectivity index (χ0n) is 16.0. The van der Waals surface area contributed by atoms with Gasteiger partial charge in [-0.1, -0.05) is 78.8 Å². The molecule has 4 aromatic rings. The molecule has 0 amide bonds. The minimum atomic E-state index is -0.570. The zero-order valence-corrected chi connectivity index (χ0v) is 16.7. The van der Waals surface area contributed by atoms with Gasteiger partial charge >= 0.3 is 5.97 Å². The lowest BCUT2D eigenvalue weighted by atomic mass is 10.1. The van der Waals surface area contributed by atoms with Crippen LogP contribution in [0.5, 0.6) is 0 Å². The molecule has 0 aliphatic heterocycles. The van der Waals surface area contributed by atoms with Crippen LogP contribution in [0.2, 0.25) is 5.02 Å². The Morgan fingerprint density at radius 1 is 0.933 bits per heavy atom. The van der Waals surface area contributed by atoms with Crippen molar-refractivity contribution in [2.75, 3.05) is 0 Å². The summed E-state index contributed by atoms with van der Waals surface area (Å²) < 4.78 is 1.65. The summed E-state index contributed by atoms with van der Waals surface area (Å²) in [7, 11) is 0. The van der Waals surface area contributed by atoms with Crippen molar-refractivity contribution in [2.24, 2.45) is 0 Å². The lowest BCUT2D eigenvalue weighted by Crippen LogP contribution is -2.18. The first-order valence-corrected chi connectivity index (χ1v) is 9.62. The molecule has 0 saturated carbocycles. The molecule has 30 heavy (non-hydrogen) atoms. The van der Waals surface area contributed by atoms with Crippen molar-refractivity contribution in [1.29, 1.82) is 0 Å². The van der Waals surface area contributed by atoms with Gasteiger partial charge < -0.3 is 4.84 Å². The van der Waals surface area contributed by atoms with Gasteiger partial charge in [-0.3, -0.25) is 0 Å². The number of hydrogen-bond donors (Lipinski definition) is 1. The first-order chi connectivity index (χ1) is 14.6. The monoisotopic (exact) mass is 415 g/mol. The third-order valence-electron chi connectivity index (χ3n) is 4.46. The molecule has 3 aromatic carbocycles. The van der Waals surface area contributed by atoms with Crippen LogP contribution in [0.15, 0.2) is 97.7 Å². The summed E-state index contributed by atoms with van der Waals surface area (Å²) in [6, 6.07) is 26.1. The number of carbonyl (C=O) groups excluding carboxylic acids is 1. The van der Waals surface area contributed by atoms with E-state index in [1.54, 1.807) is 23.0 Å². The Labute approximate surface area is 179 Å². The highest BCUT2D eigenvalue weighted by Crippen LogP contribution is 2.26. The topological polar surface area (TPSA) is 56.1 Å². The molecule has 1 N–H and O–H groups in total. The summed E-state index contributed by atoms with van der Waals surface area (Å²) in [6.45, 7) is 3.91. The maximum absolute atomic E-state index is 12.9. The minimum absolute atomic E-state index is 0.314. The van der Waals surface area contributed by atoms with Crippen LogP contribution in [0, 0.1) is 0 Å². The molecule has 0 atom stereocenters. The molecule has 148 valence electrons. The standard InChI is InChI=1S/C24H18ClN3O2/c1-17(18-8-4-2-5-9-18)27-30-24(29)22-16-28(21-10-6-3-7-11-21)26-23(22)19-12-14-20(25)15-13-19/h2-16,27H,1H2. The molecular formula is C24H18ClN3O2. The highest BCUT2D eigenvalue weighted by atomic mass is 35.5. The second kappa shape index (κ2) is 8.68. The summed E-state index contributed by atoms with van der Waals surface area (Å²) in [5.41, 5.74) is 6.32. The van der Waals surface area contributed by atoms with Crippen LogP contribution in [0.4, 0.5) is 0 Å². The van der Waals surface area contributed by atoms with Crippen LogP contribution in [-0.2, 0) is 4.84 Å². The van der Waals surface area contributed by atoms with Crippen LogP contribution in [0.3, 0.4) is 0 Å². The molecule has 0 unspecified atom stereocenters. The first kappa shape index (κ1) is 19.5. The molecule has 1 heterocycles. The molecule has 0 radical (unpaired) electrons. The zero-order chi connectivity index (χ0) is 20.9. The van der Waals surface area contributed by atoms with E-state index in [-0.39, 0.29) is 0 Å². The van der Waals surface area contributed by atoms with E-state index in [4.69, 9.17) is 16.4 Å². The van der Waals surface area contributed by atoms with Crippen molar-refractivity contribution in [3.63, 3.8) is 0 Å². The largest absolute Gasteiger partial charge is 0.366 e. The van der Waals surface area contributed by atoms with E-state index in [0.29, 0.717) is 22.0 Å². The van der Waals surface area contributed by atoms with Crippen LogP contribution in [0.25, 0.3) is 22.6 Å². The maximum Gasteiger partial charge on any atom is 0.366 e. The predicted molar refractivity (Wildman–Crippen MR) is 118 cm³/mol. The molecule has 0 aliphatic carbocycles. The highest BCUT2D eigenvalue weighted by molar-refractivity contribution is 6.30. The van der Waals surface area contributed by atoms with Gasteiger partial charge in [0, 0.05) is 22.3 Å². The Morgan fingerprint density at radius 3 is 2.23 bits per heavy atom. The highest BCUT2D eigenvalue weighted by Gasteiger charge is 2.20. The average molecular weight is 416 g/mol. The van der Waals surface area contributed by atoms with Crippen molar-refractivity contribution in [3.05, 3.63) is 114 Å². The summed E-state index contributed by atoms with van der Waals surface area (Å²) in [5.74, 6) is -0.570. The average Bonchev–Trinajstić information content (AvgIpc) is 3.24. The third-order valence-corrected chi connectivity index (χ3v) is 4.71. The van der Waals surface area contributed by atoms with E-state index in [0.717, 1.165) is 16.8 Å². The number of carbonyl (C=O) groups is 1. The molecule has 0 aliphatic rings. The van der Waals surface area contributed by atoms with Gasteiger partial charge in [0.2, 0.25) is 0 Å². The molecule has 0 bridgehead atoms. The molecule has 4 rings (SSSR count). The number of para-hydroxylation sites is 1. The first-order valence-electron chi connectivity index (χ1n) is 9.24.